The minimum Gasteiger partial charge on any atom is -0.288 e. The Morgan fingerprint density at radius 1 is 1.46 bits per heavy atom. The monoisotopic (exact) mass is 180 g/mol. The second-order valence-electron chi connectivity index (χ2n) is 4.07. The molecule has 1 rings (SSSR count). The van der Waals surface area contributed by atoms with Crippen molar-refractivity contribution in [2.75, 3.05) is 13.1 Å². The zero-order chi connectivity index (χ0) is 9.68. The van der Waals surface area contributed by atoms with Crippen molar-refractivity contribution in [1.29, 1.82) is 5.26 Å². The molecule has 1 heterocycles. The minimum absolute atomic E-state index is 0.113. The van der Waals surface area contributed by atoms with Crippen molar-refractivity contribution in [3.8, 4) is 6.07 Å². The Balaban J connectivity index is 2.27. The van der Waals surface area contributed by atoms with E-state index in [9.17, 15) is 0 Å². The molecule has 1 unspecified atom stereocenters. The van der Waals surface area contributed by atoms with Crippen LogP contribution in [0.4, 0.5) is 0 Å². The van der Waals surface area contributed by atoms with E-state index in [0.29, 0.717) is 0 Å². The third-order valence-electron chi connectivity index (χ3n) is 3.08. The van der Waals surface area contributed by atoms with Crippen LogP contribution < -0.4 is 0 Å². The number of piperidine rings is 1. The lowest BCUT2D eigenvalue weighted by atomic mass is 9.92. The largest absolute Gasteiger partial charge is 0.288 e. The Kier molecular flexibility index (Phi) is 4.24. The summed E-state index contributed by atoms with van der Waals surface area (Å²) in [6.45, 7) is 6.50. The van der Waals surface area contributed by atoms with Gasteiger partial charge >= 0.3 is 0 Å². The van der Waals surface area contributed by atoms with Crippen LogP contribution in [0.1, 0.15) is 39.5 Å². The molecule has 0 aromatic heterocycles. The smallest absolute Gasteiger partial charge is 0.0949 e. The average Bonchev–Trinajstić information content (AvgIpc) is 2.18. The lowest BCUT2D eigenvalue weighted by molar-refractivity contribution is 0.160. The third-order valence-corrected chi connectivity index (χ3v) is 3.08. The molecule has 0 spiro atoms. The topological polar surface area (TPSA) is 27.0 Å². The summed E-state index contributed by atoms with van der Waals surface area (Å²) in [4.78, 5) is 2.30. The summed E-state index contributed by atoms with van der Waals surface area (Å²) in [6.07, 6.45) is 5.26. The molecule has 0 aromatic rings. The van der Waals surface area contributed by atoms with Gasteiger partial charge in [-0.05, 0) is 38.8 Å². The summed E-state index contributed by atoms with van der Waals surface area (Å²) in [5.74, 6) is 0.923. The Bertz CT molecular complexity index is 175. The van der Waals surface area contributed by atoms with E-state index in [2.05, 4.69) is 17.9 Å². The van der Waals surface area contributed by atoms with Crippen molar-refractivity contribution in [3.05, 3.63) is 0 Å². The molecule has 2 nitrogen and oxygen atoms in total. The van der Waals surface area contributed by atoms with Gasteiger partial charge in [-0.1, -0.05) is 19.8 Å². The lowest BCUT2D eigenvalue weighted by Crippen LogP contribution is -2.39. The maximum Gasteiger partial charge on any atom is 0.0949 e. The van der Waals surface area contributed by atoms with Crippen molar-refractivity contribution in [2.24, 2.45) is 5.92 Å². The zero-order valence-electron chi connectivity index (χ0n) is 8.79. The highest BCUT2D eigenvalue weighted by molar-refractivity contribution is 4.89. The van der Waals surface area contributed by atoms with E-state index in [-0.39, 0.29) is 6.04 Å². The molecule has 0 radical (unpaired) electrons. The van der Waals surface area contributed by atoms with E-state index in [1.54, 1.807) is 0 Å². The standard InChI is InChI=1S/C11H20N2/c1-3-4-11-5-7-13(8-6-11)10(2)9-12/h10-11H,3-8H2,1-2H3. The van der Waals surface area contributed by atoms with E-state index in [1.165, 1.54) is 25.7 Å². The maximum absolute atomic E-state index is 8.76. The number of rotatable bonds is 3. The summed E-state index contributed by atoms with van der Waals surface area (Å²) in [5, 5.41) is 8.76. The summed E-state index contributed by atoms with van der Waals surface area (Å²) in [7, 11) is 0. The Labute approximate surface area is 81.5 Å². The molecule has 13 heavy (non-hydrogen) atoms. The van der Waals surface area contributed by atoms with Crippen molar-refractivity contribution >= 4 is 0 Å². The van der Waals surface area contributed by atoms with Gasteiger partial charge in [0.1, 0.15) is 0 Å². The first-order chi connectivity index (χ1) is 6.27. The van der Waals surface area contributed by atoms with Gasteiger partial charge in [-0.3, -0.25) is 4.90 Å². The van der Waals surface area contributed by atoms with E-state index >= 15 is 0 Å². The molecule has 0 N–H and O–H groups in total. The third kappa shape index (κ3) is 3.00. The van der Waals surface area contributed by atoms with Crippen LogP contribution in [0, 0.1) is 17.2 Å². The van der Waals surface area contributed by atoms with Crippen molar-refractivity contribution in [1.82, 2.24) is 4.90 Å². The fourth-order valence-corrected chi connectivity index (χ4v) is 2.12. The first-order valence-corrected chi connectivity index (χ1v) is 5.41. The van der Waals surface area contributed by atoms with Crippen LogP contribution in [-0.2, 0) is 0 Å². The molecular formula is C11H20N2. The van der Waals surface area contributed by atoms with Crippen molar-refractivity contribution in [3.63, 3.8) is 0 Å². The normalized spacial score (nSPS) is 22.5. The van der Waals surface area contributed by atoms with Crippen LogP contribution in [-0.4, -0.2) is 24.0 Å². The first-order valence-electron chi connectivity index (χ1n) is 5.41. The molecule has 1 aliphatic heterocycles. The van der Waals surface area contributed by atoms with Crippen molar-refractivity contribution < 1.29 is 0 Å². The van der Waals surface area contributed by atoms with Crippen LogP contribution in [0.15, 0.2) is 0 Å². The zero-order valence-corrected chi connectivity index (χ0v) is 8.79. The molecule has 1 fully saturated rings. The molecule has 1 saturated heterocycles. The summed E-state index contributed by atoms with van der Waals surface area (Å²) >= 11 is 0. The number of likely N-dealkylation sites (tertiary alicyclic amines) is 1. The number of nitrogens with zero attached hydrogens (tertiary/aromatic N) is 2. The van der Waals surface area contributed by atoms with Crippen LogP contribution in [0.2, 0.25) is 0 Å². The van der Waals surface area contributed by atoms with Gasteiger partial charge in [0.25, 0.3) is 0 Å². The second-order valence-corrected chi connectivity index (χ2v) is 4.07. The molecular weight excluding hydrogens is 160 g/mol. The molecule has 0 aromatic carbocycles. The van der Waals surface area contributed by atoms with E-state index < -0.39 is 0 Å². The van der Waals surface area contributed by atoms with Crippen molar-refractivity contribution in [2.45, 2.75) is 45.6 Å². The molecule has 1 aliphatic rings. The van der Waals surface area contributed by atoms with Crippen LogP contribution in [0.25, 0.3) is 0 Å². The predicted octanol–water partition coefficient (Wildman–Crippen LogP) is 2.41. The number of hydrogen-bond donors (Lipinski definition) is 0. The summed E-state index contributed by atoms with van der Waals surface area (Å²) < 4.78 is 0. The minimum atomic E-state index is 0.113. The highest BCUT2D eigenvalue weighted by Gasteiger charge is 2.21. The molecule has 0 saturated carbocycles. The Hall–Kier alpha value is -0.550. The average molecular weight is 180 g/mol. The highest BCUT2D eigenvalue weighted by Crippen LogP contribution is 2.22. The lowest BCUT2D eigenvalue weighted by Gasteiger charge is -2.33. The van der Waals surface area contributed by atoms with Gasteiger partial charge in [-0.2, -0.15) is 5.26 Å². The van der Waals surface area contributed by atoms with Gasteiger partial charge in [0.05, 0.1) is 12.1 Å². The summed E-state index contributed by atoms with van der Waals surface area (Å²) in [5.41, 5.74) is 0. The van der Waals surface area contributed by atoms with Gasteiger partial charge in [-0.15, -0.1) is 0 Å². The van der Waals surface area contributed by atoms with Gasteiger partial charge in [0.2, 0.25) is 0 Å². The molecule has 0 aliphatic carbocycles. The molecule has 74 valence electrons. The first kappa shape index (κ1) is 10.5. The van der Waals surface area contributed by atoms with Crippen LogP contribution in [0.3, 0.4) is 0 Å². The quantitative estimate of drug-likeness (QED) is 0.667. The Morgan fingerprint density at radius 2 is 2.08 bits per heavy atom. The van der Waals surface area contributed by atoms with Gasteiger partial charge < -0.3 is 0 Å². The molecule has 2 heteroatoms. The fourth-order valence-electron chi connectivity index (χ4n) is 2.12. The number of hydrogen-bond acceptors (Lipinski definition) is 2. The molecule has 1 atom stereocenters. The van der Waals surface area contributed by atoms with Gasteiger partial charge in [-0.25, -0.2) is 0 Å². The predicted molar refractivity (Wildman–Crippen MR) is 54.3 cm³/mol. The van der Waals surface area contributed by atoms with Gasteiger partial charge in [0, 0.05) is 0 Å². The molecule has 0 amide bonds. The fraction of sp³-hybridized carbons (Fsp3) is 0.909. The summed E-state index contributed by atoms with van der Waals surface area (Å²) in [6, 6.07) is 2.42. The van der Waals surface area contributed by atoms with Gasteiger partial charge in [0.15, 0.2) is 0 Å². The Morgan fingerprint density at radius 3 is 2.54 bits per heavy atom. The van der Waals surface area contributed by atoms with E-state index in [4.69, 9.17) is 5.26 Å². The van der Waals surface area contributed by atoms with E-state index in [0.717, 1.165) is 19.0 Å². The SMILES string of the molecule is CCCC1CCN(C(C)C#N)CC1. The second kappa shape index (κ2) is 5.24. The van der Waals surface area contributed by atoms with Crippen LogP contribution >= 0.6 is 0 Å². The highest BCUT2D eigenvalue weighted by atomic mass is 15.2. The van der Waals surface area contributed by atoms with E-state index in [1.807, 2.05) is 6.92 Å². The van der Waals surface area contributed by atoms with Crippen LogP contribution in [0.5, 0.6) is 0 Å². The number of nitriles is 1. The maximum atomic E-state index is 8.76. The molecule has 0 bridgehead atoms.